The Morgan fingerprint density at radius 1 is 1.24 bits per heavy atom. The third-order valence-electron chi connectivity index (χ3n) is 1.38. The lowest BCUT2D eigenvalue weighted by molar-refractivity contribution is -0.138. The van der Waals surface area contributed by atoms with Gasteiger partial charge in [0.25, 0.3) is 0 Å². The Morgan fingerprint density at radius 2 is 1.76 bits per heavy atom. The van der Waals surface area contributed by atoms with Crippen molar-refractivity contribution in [1.29, 1.82) is 0 Å². The summed E-state index contributed by atoms with van der Waals surface area (Å²) in [6.07, 6.45) is -3.49. The molecule has 4 nitrogen and oxygen atoms in total. The summed E-state index contributed by atoms with van der Waals surface area (Å²) in [5, 5.41) is 8.73. The fraction of sp³-hybridized carbons (Fsp3) is 0.111. The van der Waals surface area contributed by atoms with Crippen LogP contribution >= 0.6 is 8.60 Å². The molecule has 0 spiro atoms. The van der Waals surface area contributed by atoms with Gasteiger partial charge in [0.2, 0.25) is 0 Å². The lowest BCUT2D eigenvalue weighted by atomic mass is 10.2. The second-order valence-corrected chi connectivity index (χ2v) is 3.26. The molecule has 1 aromatic carbocycles. The van der Waals surface area contributed by atoms with Gasteiger partial charge in [-0.05, 0) is 12.1 Å². The first-order valence-electron chi connectivity index (χ1n) is 4.09. The number of rotatable bonds is 2. The van der Waals surface area contributed by atoms with Gasteiger partial charge in [-0.15, -0.1) is 0 Å². The Hall–Kier alpha value is -1.30. The van der Waals surface area contributed by atoms with E-state index in [2.05, 4.69) is 11.1 Å². The van der Waals surface area contributed by atoms with E-state index in [9.17, 15) is 13.2 Å². The van der Waals surface area contributed by atoms with Crippen LogP contribution in [0.4, 0.5) is 13.2 Å². The first kappa shape index (κ1) is 15.7. The molecule has 0 atom stereocenters. The predicted molar refractivity (Wildman–Crippen MR) is 55.7 cm³/mol. The highest BCUT2D eigenvalue weighted by Crippen LogP contribution is 2.34. The summed E-state index contributed by atoms with van der Waals surface area (Å²) < 4.78 is 39.6. The van der Waals surface area contributed by atoms with Crippen molar-refractivity contribution in [2.75, 3.05) is 0 Å². The quantitative estimate of drug-likeness (QED) is 0.571. The minimum Gasteiger partial charge on any atom is -0.507 e. The molecular weight excluding hydrogens is 260 g/mol. The van der Waals surface area contributed by atoms with E-state index in [-0.39, 0.29) is 0 Å². The molecule has 0 radical (unpaired) electrons. The fourth-order valence-corrected chi connectivity index (χ4v) is 0.913. The van der Waals surface area contributed by atoms with Crippen molar-refractivity contribution in [2.45, 2.75) is 6.18 Å². The van der Waals surface area contributed by atoms with E-state index < -0.39 is 26.1 Å². The van der Waals surface area contributed by atoms with Crippen molar-refractivity contribution in [2.24, 2.45) is 0 Å². The van der Waals surface area contributed by atoms with E-state index in [4.69, 9.17) is 14.9 Å². The van der Waals surface area contributed by atoms with Crippen LogP contribution in [-0.2, 0) is 10.7 Å². The standard InChI is InChI=1S/C7H5F3O.C2H5O3P/c8-7(9,10)5-3-1-2-4-6(5)11;1-2-5-6(3)4/h1-4,11H;2-4H,1H2. The normalized spacial score (nSPS) is 10.5. The van der Waals surface area contributed by atoms with E-state index in [0.717, 1.165) is 18.4 Å². The Morgan fingerprint density at radius 3 is 2.00 bits per heavy atom. The van der Waals surface area contributed by atoms with Crippen LogP contribution in [0.25, 0.3) is 0 Å². The van der Waals surface area contributed by atoms with Crippen LogP contribution in [0.3, 0.4) is 0 Å². The summed E-state index contributed by atoms with van der Waals surface area (Å²) in [6.45, 7) is 3.07. The minimum atomic E-state index is -4.47. The maximum Gasteiger partial charge on any atom is 0.419 e. The number of hydrogen-bond donors (Lipinski definition) is 3. The van der Waals surface area contributed by atoms with Gasteiger partial charge in [-0.3, -0.25) is 0 Å². The first-order chi connectivity index (χ1) is 7.79. The molecule has 1 aromatic rings. The van der Waals surface area contributed by atoms with E-state index in [1.807, 2.05) is 0 Å². The number of para-hydroxylation sites is 1. The van der Waals surface area contributed by atoms with Gasteiger partial charge in [0.15, 0.2) is 0 Å². The summed E-state index contributed by atoms with van der Waals surface area (Å²) in [6, 6.07) is 4.39. The van der Waals surface area contributed by atoms with Crippen molar-refractivity contribution < 1.29 is 32.6 Å². The van der Waals surface area contributed by atoms with Gasteiger partial charge >= 0.3 is 14.8 Å². The summed E-state index contributed by atoms with van der Waals surface area (Å²) in [4.78, 5) is 15.8. The lowest BCUT2D eigenvalue weighted by Gasteiger charge is -2.06. The molecule has 0 aliphatic heterocycles. The van der Waals surface area contributed by atoms with Gasteiger partial charge in [-0.1, -0.05) is 18.7 Å². The van der Waals surface area contributed by atoms with Crippen LogP contribution < -0.4 is 0 Å². The molecule has 0 unspecified atom stereocenters. The third-order valence-corrected chi connectivity index (χ3v) is 1.72. The summed E-state index contributed by atoms with van der Waals surface area (Å²) in [5.41, 5.74) is -1.000. The maximum atomic E-state index is 11.9. The molecule has 0 aromatic heterocycles. The predicted octanol–water partition coefficient (Wildman–Crippen LogP) is 2.77. The highest BCUT2D eigenvalue weighted by molar-refractivity contribution is 7.39. The number of halogens is 3. The average molecular weight is 270 g/mol. The van der Waals surface area contributed by atoms with Crippen molar-refractivity contribution in [3.8, 4) is 5.75 Å². The van der Waals surface area contributed by atoms with Gasteiger partial charge < -0.3 is 19.4 Å². The lowest BCUT2D eigenvalue weighted by Crippen LogP contribution is -2.04. The molecule has 8 heteroatoms. The zero-order valence-electron chi connectivity index (χ0n) is 8.42. The Kier molecular flexibility index (Phi) is 6.57. The van der Waals surface area contributed by atoms with E-state index >= 15 is 0 Å². The van der Waals surface area contributed by atoms with E-state index in [0.29, 0.717) is 0 Å². The molecule has 0 saturated heterocycles. The smallest absolute Gasteiger partial charge is 0.419 e. The molecule has 96 valence electrons. The number of phenolic OH excluding ortho intramolecular Hbond substituents is 1. The second-order valence-electron chi connectivity index (χ2n) is 2.54. The number of alkyl halides is 3. The molecular formula is C9H10F3O4P. The molecule has 0 saturated carbocycles. The third kappa shape index (κ3) is 6.78. The highest BCUT2D eigenvalue weighted by atomic mass is 31.2. The number of phenols is 1. The Bertz CT molecular complexity index is 354. The fourth-order valence-electron chi connectivity index (χ4n) is 0.780. The number of benzene rings is 1. The van der Waals surface area contributed by atoms with Crippen LogP contribution in [-0.4, -0.2) is 14.9 Å². The van der Waals surface area contributed by atoms with Gasteiger partial charge in [-0.2, -0.15) is 13.2 Å². The second kappa shape index (κ2) is 7.11. The van der Waals surface area contributed by atoms with E-state index in [1.54, 1.807) is 0 Å². The first-order valence-corrected chi connectivity index (χ1v) is 5.26. The minimum absolute atomic E-state index is 0.736. The van der Waals surface area contributed by atoms with Crippen LogP contribution in [0, 0.1) is 0 Å². The molecule has 0 bridgehead atoms. The highest BCUT2D eigenvalue weighted by Gasteiger charge is 2.33. The molecule has 0 aliphatic carbocycles. The maximum absolute atomic E-state index is 11.9. The zero-order chi connectivity index (χ0) is 13.5. The van der Waals surface area contributed by atoms with Crippen LogP contribution in [0.1, 0.15) is 5.56 Å². The van der Waals surface area contributed by atoms with Gasteiger partial charge in [0.05, 0.1) is 11.8 Å². The summed E-state index contributed by atoms with van der Waals surface area (Å²) in [7, 11) is -2.22. The Balaban J connectivity index is 0.000000366. The topological polar surface area (TPSA) is 69.9 Å². The van der Waals surface area contributed by atoms with Crippen molar-refractivity contribution >= 4 is 8.60 Å². The monoisotopic (exact) mass is 270 g/mol. The molecule has 3 N–H and O–H groups in total. The molecule has 0 fully saturated rings. The number of aromatic hydroxyl groups is 1. The van der Waals surface area contributed by atoms with Crippen molar-refractivity contribution in [1.82, 2.24) is 0 Å². The van der Waals surface area contributed by atoms with Gasteiger partial charge in [0.1, 0.15) is 5.75 Å². The van der Waals surface area contributed by atoms with Gasteiger partial charge in [-0.25, -0.2) is 0 Å². The molecule has 0 heterocycles. The van der Waals surface area contributed by atoms with E-state index in [1.165, 1.54) is 12.1 Å². The molecule has 0 aliphatic rings. The zero-order valence-corrected chi connectivity index (χ0v) is 9.32. The molecule has 0 amide bonds. The molecule has 17 heavy (non-hydrogen) atoms. The average Bonchev–Trinajstić information content (AvgIpc) is 2.17. The Labute approximate surface area is 96.6 Å². The molecule has 1 rings (SSSR count). The van der Waals surface area contributed by atoms with Gasteiger partial charge in [0, 0.05) is 0 Å². The van der Waals surface area contributed by atoms with Crippen LogP contribution in [0.15, 0.2) is 37.1 Å². The SMILES string of the molecule is C=COP(O)O.Oc1ccccc1C(F)(F)F. The summed E-state index contributed by atoms with van der Waals surface area (Å²) >= 11 is 0. The van der Waals surface area contributed by atoms with Crippen molar-refractivity contribution in [3.05, 3.63) is 42.7 Å². The van der Waals surface area contributed by atoms with Crippen LogP contribution in [0.5, 0.6) is 5.75 Å². The van der Waals surface area contributed by atoms with Crippen molar-refractivity contribution in [3.63, 3.8) is 0 Å². The number of hydrogen-bond acceptors (Lipinski definition) is 4. The van der Waals surface area contributed by atoms with Crippen LogP contribution in [0.2, 0.25) is 0 Å². The largest absolute Gasteiger partial charge is 0.507 e. The summed E-state index contributed by atoms with van der Waals surface area (Å²) in [5.74, 6) is -0.736.